The molecule has 6 heteroatoms. The van der Waals surface area contributed by atoms with Gasteiger partial charge >= 0.3 is 0 Å². The summed E-state index contributed by atoms with van der Waals surface area (Å²) in [6, 6.07) is 22.3. The van der Waals surface area contributed by atoms with E-state index < -0.39 is 17.6 Å². The van der Waals surface area contributed by atoms with Crippen LogP contribution in [0.1, 0.15) is 11.1 Å². The molecule has 3 aromatic carbocycles. The summed E-state index contributed by atoms with van der Waals surface area (Å²) in [5.41, 5.74) is 2.51. The van der Waals surface area contributed by atoms with Crippen molar-refractivity contribution in [2.45, 2.75) is 6.42 Å². The van der Waals surface area contributed by atoms with E-state index in [1.54, 1.807) is 31.4 Å². The van der Waals surface area contributed by atoms with Crippen molar-refractivity contribution < 1.29 is 18.7 Å². The summed E-state index contributed by atoms with van der Waals surface area (Å²) in [4.78, 5) is 27.7. The van der Waals surface area contributed by atoms with Crippen molar-refractivity contribution in [1.29, 1.82) is 0 Å². The van der Waals surface area contributed by atoms with E-state index in [4.69, 9.17) is 4.74 Å². The van der Waals surface area contributed by atoms with Gasteiger partial charge in [-0.25, -0.2) is 4.39 Å². The summed E-state index contributed by atoms with van der Waals surface area (Å²) < 4.78 is 18.7. The molecule has 1 aliphatic heterocycles. The Hall–Kier alpha value is -3.93. The molecule has 0 radical (unpaired) electrons. The number of methoxy groups -OCH3 is 1. The minimum absolute atomic E-state index is 0.165. The zero-order valence-electron chi connectivity index (χ0n) is 17.0. The fourth-order valence-corrected chi connectivity index (χ4v) is 3.51. The van der Waals surface area contributed by atoms with Crippen molar-refractivity contribution in [2.75, 3.05) is 19.0 Å². The van der Waals surface area contributed by atoms with Gasteiger partial charge in [-0.1, -0.05) is 48.5 Å². The van der Waals surface area contributed by atoms with Gasteiger partial charge in [0.2, 0.25) is 0 Å². The lowest BCUT2D eigenvalue weighted by molar-refractivity contribution is -0.136. The van der Waals surface area contributed by atoms with Crippen LogP contribution in [0.25, 0.3) is 5.57 Å². The molecule has 3 aromatic rings. The van der Waals surface area contributed by atoms with E-state index in [9.17, 15) is 14.0 Å². The summed E-state index contributed by atoms with van der Waals surface area (Å²) in [5, 5.41) is 3.08. The topological polar surface area (TPSA) is 58.6 Å². The predicted octanol–water partition coefficient (Wildman–Crippen LogP) is 4.27. The molecule has 4 rings (SSSR count). The van der Waals surface area contributed by atoms with Gasteiger partial charge in [-0.3, -0.25) is 14.5 Å². The first-order valence-electron chi connectivity index (χ1n) is 9.88. The number of imide groups is 1. The van der Waals surface area contributed by atoms with Gasteiger partial charge in [0, 0.05) is 18.3 Å². The highest BCUT2D eigenvalue weighted by Crippen LogP contribution is 2.31. The van der Waals surface area contributed by atoms with Crippen LogP contribution < -0.4 is 10.1 Å². The summed E-state index contributed by atoms with van der Waals surface area (Å²) >= 11 is 0. The third kappa shape index (κ3) is 4.33. The second-order valence-electron chi connectivity index (χ2n) is 7.11. The van der Waals surface area contributed by atoms with Crippen LogP contribution in [-0.2, 0) is 16.0 Å². The Morgan fingerprint density at radius 2 is 1.65 bits per heavy atom. The molecule has 0 aliphatic carbocycles. The molecule has 5 nitrogen and oxygen atoms in total. The monoisotopic (exact) mass is 416 g/mol. The molecule has 156 valence electrons. The Morgan fingerprint density at radius 3 is 2.35 bits per heavy atom. The Kier molecular flexibility index (Phi) is 5.80. The summed E-state index contributed by atoms with van der Waals surface area (Å²) in [6.07, 6.45) is 0.543. The van der Waals surface area contributed by atoms with E-state index in [-0.39, 0.29) is 17.8 Å². The molecule has 0 fully saturated rings. The maximum Gasteiger partial charge on any atom is 0.278 e. The number of nitrogens with one attached hydrogen (secondary N) is 1. The number of hydrogen-bond donors (Lipinski definition) is 1. The number of anilines is 1. The standard InChI is InChI=1S/C25H21FN2O3/c1-31-21-9-5-8-20(16-21)27-23-22(18-10-12-19(26)13-11-18)24(29)28(25(23)30)15-14-17-6-3-2-4-7-17/h2-13,16,27H,14-15H2,1H3. The lowest BCUT2D eigenvalue weighted by Crippen LogP contribution is -2.34. The van der Waals surface area contributed by atoms with Crippen LogP contribution in [0, 0.1) is 5.82 Å². The second kappa shape index (κ2) is 8.83. The number of hydrogen-bond acceptors (Lipinski definition) is 4. The Morgan fingerprint density at radius 1 is 0.903 bits per heavy atom. The van der Waals surface area contributed by atoms with E-state index >= 15 is 0 Å². The highest BCUT2D eigenvalue weighted by Gasteiger charge is 2.39. The van der Waals surface area contributed by atoms with Gasteiger partial charge in [0.15, 0.2) is 0 Å². The molecule has 1 heterocycles. The fraction of sp³-hybridized carbons (Fsp3) is 0.120. The van der Waals surface area contributed by atoms with Gasteiger partial charge in [-0.15, -0.1) is 0 Å². The largest absolute Gasteiger partial charge is 0.497 e. The third-order valence-corrected chi connectivity index (χ3v) is 5.11. The summed E-state index contributed by atoms with van der Waals surface area (Å²) in [7, 11) is 1.55. The molecular weight excluding hydrogens is 395 g/mol. The fourth-order valence-electron chi connectivity index (χ4n) is 3.51. The first-order chi connectivity index (χ1) is 15.1. The van der Waals surface area contributed by atoms with Crippen molar-refractivity contribution in [3.8, 4) is 5.75 Å². The van der Waals surface area contributed by atoms with Crippen molar-refractivity contribution in [3.05, 3.63) is 102 Å². The van der Waals surface area contributed by atoms with Crippen molar-refractivity contribution in [3.63, 3.8) is 0 Å². The number of rotatable bonds is 7. The lowest BCUT2D eigenvalue weighted by atomic mass is 10.0. The molecule has 1 N–H and O–H groups in total. The zero-order chi connectivity index (χ0) is 21.8. The smallest absolute Gasteiger partial charge is 0.278 e. The number of halogens is 1. The molecule has 1 aliphatic rings. The van der Waals surface area contributed by atoms with Crippen LogP contribution in [0.3, 0.4) is 0 Å². The van der Waals surface area contributed by atoms with Crippen molar-refractivity contribution >= 4 is 23.1 Å². The summed E-state index contributed by atoms with van der Waals surface area (Å²) in [5.74, 6) is -0.614. The highest BCUT2D eigenvalue weighted by molar-refractivity contribution is 6.36. The van der Waals surface area contributed by atoms with Gasteiger partial charge in [-0.2, -0.15) is 0 Å². The number of amides is 2. The first kappa shape index (κ1) is 20.3. The van der Waals surface area contributed by atoms with Gasteiger partial charge in [0.1, 0.15) is 17.3 Å². The van der Waals surface area contributed by atoms with Crippen LogP contribution in [-0.4, -0.2) is 30.4 Å². The Bertz CT molecular complexity index is 1140. The van der Waals surface area contributed by atoms with Crippen LogP contribution in [0.15, 0.2) is 84.6 Å². The molecule has 0 saturated carbocycles. The van der Waals surface area contributed by atoms with Crippen LogP contribution in [0.4, 0.5) is 10.1 Å². The minimum Gasteiger partial charge on any atom is -0.497 e. The number of carbonyl (C=O) groups is 2. The van der Waals surface area contributed by atoms with E-state index in [0.29, 0.717) is 23.4 Å². The maximum absolute atomic E-state index is 13.5. The van der Waals surface area contributed by atoms with Gasteiger partial charge in [-0.05, 0) is 41.8 Å². The van der Waals surface area contributed by atoms with Crippen molar-refractivity contribution in [2.24, 2.45) is 0 Å². The average molecular weight is 416 g/mol. The van der Waals surface area contributed by atoms with E-state index in [1.165, 1.54) is 29.2 Å². The third-order valence-electron chi connectivity index (χ3n) is 5.11. The predicted molar refractivity (Wildman–Crippen MR) is 117 cm³/mol. The molecule has 0 unspecified atom stereocenters. The summed E-state index contributed by atoms with van der Waals surface area (Å²) in [6.45, 7) is 0.246. The molecule has 0 bridgehead atoms. The quantitative estimate of drug-likeness (QED) is 0.585. The highest BCUT2D eigenvalue weighted by atomic mass is 19.1. The lowest BCUT2D eigenvalue weighted by Gasteiger charge is -2.15. The molecular formula is C25H21FN2O3. The number of benzene rings is 3. The van der Waals surface area contributed by atoms with E-state index in [1.807, 2.05) is 30.3 Å². The molecule has 2 amide bonds. The van der Waals surface area contributed by atoms with Crippen LogP contribution in [0.5, 0.6) is 5.75 Å². The average Bonchev–Trinajstić information content (AvgIpc) is 3.03. The van der Waals surface area contributed by atoms with Crippen LogP contribution >= 0.6 is 0 Å². The van der Waals surface area contributed by atoms with Gasteiger partial charge < -0.3 is 10.1 Å². The molecule has 0 aromatic heterocycles. The second-order valence-corrected chi connectivity index (χ2v) is 7.11. The number of carbonyl (C=O) groups excluding carboxylic acids is 2. The minimum atomic E-state index is -0.414. The Balaban J connectivity index is 1.67. The van der Waals surface area contributed by atoms with Gasteiger partial charge in [0.05, 0.1) is 12.7 Å². The first-order valence-corrected chi connectivity index (χ1v) is 9.88. The SMILES string of the molecule is COc1cccc(NC2=C(c3ccc(F)cc3)C(=O)N(CCc3ccccc3)C2=O)c1. The number of ether oxygens (including phenoxy) is 1. The molecule has 0 atom stereocenters. The van der Waals surface area contributed by atoms with Crippen molar-refractivity contribution in [1.82, 2.24) is 4.90 Å². The normalized spacial score (nSPS) is 13.7. The van der Waals surface area contributed by atoms with E-state index in [0.717, 1.165) is 5.56 Å². The Labute approximate surface area is 179 Å². The van der Waals surface area contributed by atoms with E-state index in [2.05, 4.69) is 5.32 Å². The maximum atomic E-state index is 13.5. The molecule has 0 spiro atoms. The van der Waals surface area contributed by atoms with Crippen LogP contribution in [0.2, 0.25) is 0 Å². The van der Waals surface area contributed by atoms with Gasteiger partial charge in [0.25, 0.3) is 11.8 Å². The molecule has 31 heavy (non-hydrogen) atoms. The number of nitrogens with zero attached hydrogens (tertiary/aromatic N) is 1. The zero-order valence-corrected chi connectivity index (χ0v) is 17.0. The molecule has 0 saturated heterocycles.